The van der Waals surface area contributed by atoms with Crippen LogP contribution in [0.2, 0.25) is 0 Å². The summed E-state index contributed by atoms with van der Waals surface area (Å²) >= 11 is 0. The average Bonchev–Trinajstić information content (AvgIpc) is 2.34. The zero-order valence-electron chi connectivity index (χ0n) is 12.0. The van der Waals surface area contributed by atoms with Gasteiger partial charge in [0, 0.05) is 12.6 Å². The molecule has 2 nitrogen and oxygen atoms in total. The first kappa shape index (κ1) is 16.7. The van der Waals surface area contributed by atoms with Crippen LogP contribution in [0.25, 0.3) is 0 Å². The minimum absolute atomic E-state index is 0.0174. The Morgan fingerprint density at radius 3 is 2.39 bits per heavy atom. The van der Waals surface area contributed by atoms with Gasteiger partial charge in [0.05, 0.1) is 0 Å². The van der Waals surface area contributed by atoms with E-state index in [-0.39, 0.29) is 5.91 Å². The average molecular weight is 249 g/mol. The molecule has 0 aliphatic rings. The molecule has 1 N–H and O–H groups in total. The van der Waals surface area contributed by atoms with Crippen molar-refractivity contribution in [2.75, 3.05) is 6.54 Å². The van der Waals surface area contributed by atoms with E-state index >= 15 is 0 Å². The second kappa shape index (κ2) is 12.2. The molecule has 2 heteroatoms. The fourth-order valence-corrected chi connectivity index (χ4v) is 1.28. The Morgan fingerprint density at radius 1 is 1.06 bits per heavy atom. The number of carbonyl (C=O) groups excluding carboxylic acids is 1. The van der Waals surface area contributed by atoms with Crippen LogP contribution in [0.3, 0.4) is 0 Å². The number of hydrogen-bond donors (Lipinski definition) is 1. The smallest absolute Gasteiger partial charge is 0.243 e. The molecule has 0 atom stereocenters. The van der Waals surface area contributed by atoms with Gasteiger partial charge in [-0.25, -0.2) is 0 Å². The molecular weight excluding hydrogens is 222 g/mol. The second-order valence-electron chi connectivity index (χ2n) is 4.76. The van der Waals surface area contributed by atoms with E-state index in [0.29, 0.717) is 5.92 Å². The lowest BCUT2D eigenvalue weighted by atomic mass is 10.2. The van der Waals surface area contributed by atoms with Crippen LogP contribution < -0.4 is 5.32 Å². The van der Waals surface area contributed by atoms with E-state index in [2.05, 4.69) is 44.3 Å². The van der Waals surface area contributed by atoms with Crippen LogP contribution in [-0.2, 0) is 4.79 Å². The molecule has 0 aromatic rings. The van der Waals surface area contributed by atoms with Crippen molar-refractivity contribution in [2.45, 2.75) is 46.5 Å². The van der Waals surface area contributed by atoms with Gasteiger partial charge in [0.2, 0.25) is 5.91 Å². The molecule has 0 unspecified atom stereocenters. The summed E-state index contributed by atoms with van der Waals surface area (Å²) in [7, 11) is 0. The summed E-state index contributed by atoms with van der Waals surface area (Å²) < 4.78 is 0. The fraction of sp³-hybridized carbons (Fsp3) is 0.562. The molecule has 0 bridgehead atoms. The van der Waals surface area contributed by atoms with Crippen molar-refractivity contribution in [1.29, 1.82) is 0 Å². The van der Waals surface area contributed by atoms with Gasteiger partial charge in [-0.1, -0.05) is 57.6 Å². The summed E-state index contributed by atoms with van der Waals surface area (Å²) in [6.45, 7) is 7.07. The number of unbranched alkanes of at least 4 members (excludes halogenated alkanes) is 2. The minimum Gasteiger partial charge on any atom is -0.352 e. The van der Waals surface area contributed by atoms with E-state index < -0.39 is 0 Å². The third kappa shape index (κ3) is 12.8. The molecule has 0 saturated heterocycles. The molecule has 18 heavy (non-hydrogen) atoms. The molecule has 0 rings (SSSR count). The Labute approximate surface area is 112 Å². The number of allylic oxidation sites excluding steroid dienone is 5. The summed E-state index contributed by atoms with van der Waals surface area (Å²) in [6.07, 6.45) is 16.3. The number of amides is 1. The summed E-state index contributed by atoms with van der Waals surface area (Å²) in [4.78, 5) is 11.3. The third-order valence-corrected chi connectivity index (χ3v) is 2.30. The Balaban J connectivity index is 3.58. The maximum atomic E-state index is 11.3. The molecule has 0 aromatic carbocycles. The van der Waals surface area contributed by atoms with Gasteiger partial charge in [-0.3, -0.25) is 4.79 Å². The Hall–Kier alpha value is -1.31. The van der Waals surface area contributed by atoms with Gasteiger partial charge in [-0.05, 0) is 25.2 Å². The first-order valence-corrected chi connectivity index (χ1v) is 6.92. The Morgan fingerprint density at radius 2 is 1.72 bits per heavy atom. The molecule has 0 spiro atoms. The lowest BCUT2D eigenvalue weighted by Crippen LogP contribution is -2.25. The predicted octanol–water partition coefficient (Wildman–Crippen LogP) is 4.01. The number of nitrogens with one attached hydrogen (secondary N) is 1. The van der Waals surface area contributed by atoms with Crippen LogP contribution in [0, 0.1) is 5.92 Å². The zero-order chi connectivity index (χ0) is 13.6. The van der Waals surface area contributed by atoms with Crippen molar-refractivity contribution < 1.29 is 4.79 Å². The van der Waals surface area contributed by atoms with Crippen molar-refractivity contribution in [3.05, 3.63) is 36.5 Å². The zero-order valence-corrected chi connectivity index (χ0v) is 12.0. The highest BCUT2D eigenvalue weighted by atomic mass is 16.1. The van der Waals surface area contributed by atoms with Gasteiger partial charge in [-0.2, -0.15) is 0 Å². The van der Waals surface area contributed by atoms with Crippen LogP contribution in [0.4, 0.5) is 0 Å². The van der Waals surface area contributed by atoms with Crippen molar-refractivity contribution >= 4 is 5.91 Å². The molecule has 0 aromatic heterocycles. The Kier molecular flexibility index (Phi) is 11.3. The van der Waals surface area contributed by atoms with E-state index in [1.165, 1.54) is 12.8 Å². The van der Waals surface area contributed by atoms with Gasteiger partial charge in [0.25, 0.3) is 0 Å². The monoisotopic (exact) mass is 249 g/mol. The van der Waals surface area contributed by atoms with Crippen LogP contribution in [-0.4, -0.2) is 12.5 Å². The molecule has 102 valence electrons. The summed E-state index contributed by atoms with van der Waals surface area (Å²) in [6, 6.07) is 0. The Bertz CT molecular complexity index is 287. The van der Waals surface area contributed by atoms with Gasteiger partial charge in [-0.15, -0.1) is 0 Å². The minimum atomic E-state index is -0.0174. The van der Waals surface area contributed by atoms with Crippen molar-refractivity contribution in [3.63, 3.8) is 0 Å². The van der Waals surface area contributed by atoms with Crippen molar-refractivity contribution in [1.82, 2.24) is 5.32 Å². The standard InChI is InChI=1S/C16H27NO/c1-4-5-6-7-8-9-10-11-12-13-16(18)17-14-15(2)3/h6-7,10-13,15H,4-5,8-9,14H2,1-3H3,(H,17,18)/b7-6+,11-10+,13-12+. The van der Waals surface area contributed by atoms with E-state index in [0.717, 1.165) is 19.4 Å². The first-order chi connectivity index (χ1) is 8.66. The topological polar surface area (TPSA) is 29.1 Å². The highest BCUT2D eigenvalue weighted by Crippen LogP contribution is 1.96. The van der Waals surface area contributed by atoms with E-state index in [9.17, 15) is 4.79 Å². The maximum absolute atomic E-state index is 11.3. The summed E-state index contributed by atoms with van der Waals surface area (Å²) in [5.74, 6) is 0.476. The van der Waals surface area contributed by atoms with Crippen LogP contribution >= 0.6 is 0 Å². The second-order valence-corrected chi connectivity index (χ2v) is 4.76. The van der Waals surface area contributed by atoms with Gasteiger partial charge in [0.15, 0.2) is 0 Å². The normalized spacial score (nSPS) is 12.2. The molecule has 0 radical (unpaired) electrons. The summed E-state index contributed by atoms with van der Waals surface area (Å²) in [5, 5.41) is 2.84. The SMILES string of the molecule is CCC/C=C/CC/C=C/C=C/C(=O)NCC(C)C. The first-order valence-electron chi connectivity index (χ1n) is 6.92. The fourth-order valence-electron chi connectivity index (χ4n) is 1.28. The largest absolute Gasteiger partial charge is 0.352 e. The van der Waals surface area contributed by atoms with E-state index in [1.54, 1.807) is 12.2 Å². The molecular formula is C16H27NO. The van der Waals surface area contributed by atoms with Crippen molar-refractivity contribution in [3.8, 4) is 0 Å². The quantitative estimate of drug-likeness (QED) is 0.284. The molecule has 0 aliphatic heterocycles. The lowest BCUT2D eigenvalue weighted by molar-refractivity contribution is -0.116. The van der Waals surface area contributed by atoms with E-state index in [4.69, 9.17) is 0 Å². The van der Waals surface area contributed by atoms with Gasteiger partial charge < -0.3 is 5.32 Å². The maximum Gasteiger partial charge on any atom is 0.243 e. The van der Waals surface area contributed by atoms with Crippen LogP contribution in [0.15, 0.2) is 36.5 Å². The number of carbonyl (C=O) groups is 1. The van der Waals surface area contributed by atoms with Crippen molar-refractivity contribution in [2.24, 2.45) is 5.92 Å². The molecule has 0 saturated carbocycles. The van der Waals surface area contributed by atoms with E-state index in [1.807, 2.05) is 6.08 Å². The highest BCUT2D eigenvalue weighted by molar-refractivity contribution is 5.87. The van der Waals surface area contributed by atoms with Crippen LogP contribution in [0.5, 0.6) is 0 Å². The molecule has 1 amide bonds. The van der Waals surface area contributed by atoms with Crippen LogP contribution in [0.1, 0.15) is 46.5 Å². The lowest BCUT2D eigenvalue weighted by Gasteiger charge is -2.03. The van der Waals surface area contributed by atoms with Gasteiger partial charge in [0.1, 0.15) is 0 Å². The molecule has 0 fully saturated rings. The number of hydrogen-bond acceptors (Lipinski definition) is 1. The molecule has 0 heterocycles. The predicted molar refractivity (Wildman–Crippen MR) is 79.4 cm³/mol. The number of rotatable bonds is 9. The van der Waals surface area contributed by atoms with Gasteiger partial charge >= 0.3 is 0 Å². The highest BCUT2D eigenvalue weighted by Gasteiger charge is 1.95. The third-order valence-electron chi connectivity index (χ3n) is 2.30. The summed E-state index contributed by atoms with van der Waals surface area (Å²) in [5.41, 5.74) is 0. The molecule has 0 aliphatic carbocycles.